The van der Waals surface area contributed by atoms with Crippen molar-refractivity contribution in [2.24, 2.45) is 0 Å². The number of nitro benzene ring substituents is 2. The van der Waals surface area contributed by atoms with Crippen LogP contribution in [-0.4, -0.2) is 34.0 Å². The number of aliphatic hydroxyl groups excluding tert-OH is 1. The summed E-state index contributed by atoms with van der Waals surface area (Å²) < 4.78 is 0. The third-order valence-electron chi connectivity index (χ3n) is 2.09. The molecule has 0 spiro atoms. The molecule has 0 saturated carbocycles. The lowest BCUT2D eigenvalue weighted by Gasteiger charge is -2.05. The van der Waals surface area contributed by atoms with Gasteiger partial charge in [0, 0.05) is 12.6 Å². The number of hydrogen-bond donors (Lipinski definition) is 2. The number of rotatable bonds is 5. The van der Waals surface area contributed by atoms with E-state index in [-0.39, 0.29) is 13.2 Å². The number of nitrogens with one attached hydrogen (secondary N) is 1. The van der Waals surface area contributed by atoms with E-state index in [0.29, 0.717) is 6.07 Å². The molecule has 0 aliphatic rings. The van der Waals surface area contributed by atoms with Crippen molar-refractivity contribution in [3.8, 4) is 0 Å². The molecule has 10 heteroatoms. The van der Waals surface area contributed by atoms with E-state index in [1.807, 2.05) is 27.7 Å². The van der Waals surface area contributed by atoms with E-state index in [0.717, 1.165) is 6.07 Å². The zero-order chi connectivity index (χ0) is 18.6. The van der Waals surface area contributed by atoms with E-state index in [2.05, 4.69) is 5.32 Å². The first kappa shape index (κ1) is 23.0. The van der Waals surface area contributed by atoms with Crippen molar-refractivity contribution >= 4 is 28.9 Å². The average Bonchev–Trinajstić information content (AvgIpc) is 2.56. The standard InChI is InChI=1S/C9H8ClN3O6.2C2H6/c10-8-6(9(15)11-1-2-14)3-5(12(16)17)4-7(8)13(18)19;2*1-2/h3-4,14H,1-2H2,(H,11,15);2*1-2H3. The van der Waals surface area contributed by atoms with Gasteiger partial charge in [0.25, 0.3) is 17.3 Å². The number of benzene rings is 1. The van der Waals surface area contributed by atoms with Crippen LogP contribution in [0.25, 0.3) is 0 Å². The number of amides is 1. The van der Waals surface area contributed by atoms with Crippen molar-refractivity contribution in [2.75, 3.05) is 13.2 Å². The number of halogens is 1. The molecular weight excluding hydrogens is 330 g/mol. The second kappa shape index (κ2) is 12.3. The van der Waals surface area contributed by atoms with Crippen molar-refractivity contribution in [2.45, 2.75) is 27.7 Å². The van der Waals surface area contributed by atoms with Gasteiger partial charge in [-0.05, 0) is 0 Å². The number of nitro groups is 2. The first-order valence-electron chi connectivity index (χ1n) is 6.90. The third kappa shape index (κ3) is 7.02. The van der Waals surface area contributed by atoms with Crippen LogP contribution >= 0.6 is 11.6 Å². The molecule has 0 atom stereocenters. The van der Waals surface area contributed by atoms with E-state index < -0.39 is 37.7 Å². The molecule has 0 bridgehead atoms. The fourth-order valence-corrected chi connectivity index (χ4v) is 1.53. The summed E-state index contributed by atoms with van der Waals surface area (Å²) in [6, 6.07) is 1.51. The maximum atomic E-state index is 11.6. The molecule has 130 valence electrons. The van der Waals surface area contributed by atoms with Crippen molar-refractivity contribution in [3.63, 3.8) is 0 Å². The molecule has 1 aromatic carbocycles. The van der Waals surface area contributed by atoms with E-state index >= 15 is 0 Å². The van der Waals surface area contributed by atoms with E-state index in [1.54, 1.807) is 0 Å². The molecule has 0 aliphatic carbocycles. The SMILES string of the molecule is CC.CC.O=C(NCCO)c1cc([N+](=O)[O-])cc([N+](=O)[O-])c1Cl. The molecule has 23 heavy (non-hydrogen) atoms. The maximum absolute atomic E-state index is 11.6. The van der Waals surface area contributed by atoms with E-state index in [4.69, 9.17) is 16.7 Å². The summed E-state index contributed by atoms with van der Waals surface area (Å²) in [7, 11) is 0. The lowest BCUT2D eigenvalue weighted by Crippen LogP contribution is -2.26. The Bertz CT molecular complexity index is 551. The molecule has 9 nitrogen and oxygen atoms in total. The fraction of sp³-hybridized carbons (Fsp3) is 0.462. The van der Waals surface area contributed by atoms with Crippen LogP contribution in [0.3, 0.4) is 0 Å². The van der Waals surface area contributed by atoms with Crippen LogP contribution < -0.4 is 5.32 Å². The number of carbonyl (C=O) groups is 1. The maximum Gasteiger partial charge on any atom is 0.295 e. The van der Waals surface area contributed by atoms with Crippen LogP contribution in [0.15, 0.2) is 12.1 Å². The minimum Gasteiger partial charge on any atom is -0.395 e. The Kier molecular flexibility index (Phi) is 12.3. The highest BCUT2D eigenvalue weighted by molar-refractivity contribution is 6.36. The van der Waals surface area contributed by atoms with Gasteiger partial charge in [0.1, 0.15) is 5.02 Å². The molecule has 1 aromatic rings. The fourth-order valence-electron chi connectivity index (χ4n) is 1.26. The van der Waals surface area contributed by atoms with Gasteiger partial charge >= 0.3 is 0 Å². The van der Waals surface area contributed by atoms with Crippen molar-refractivity contribution in [3.05, 3.63) is 42.9 Å². The lowest BCUT2D eigenvalue weighted by atomic mass is 10.1. The molecule has 2 N–H and O–H groups in total. The second-order valence-electron chi connectivity index (χ2n) is 3.32. The highest BCUT2D eigenvalue weighted by Crippen LogP contribution is 2.32. The summed E-state index contributed by atoms with van der Waals surface area (Å²) in [4.78, 5) is 31.2. The van der Waals surface area contributed by atoms with Gasteiger partial charge < -0.3 is 10.4 Å². The van der Waals surface area contributed by atoms with Crippen LogP contribution in [0.5, 0.6) is 0 Å². The Hall–Kier alpha value is -2.26. The predicted molar refractivity (Wildman–Crippen MR) is 86.9 cm³/mol. The third-order valence-corrected chi connectivity index (χ3v) is 2.48. The molecule has 0 fully saturated rings. The summed E-state index contributed by atoms with van der Waals surface area (Å²) in [6.07, 6.45) is 0. The van der Waals surface area contributed by atoms with Crippen LogP contribution in [-0.2, 0) is 0 Å². The van der Waals surface area contributed by atoms with Crippen LogP contribution in [0.1, 0.15) is 38.1 Å². The van der Waals surface area contributed by atoms with E-state index in [1.165, 1.54) is 0 Å². The molecule has 1 rings (SSSR count). The topological polar surface area (TPSA) is 136 Å². The van der Waals surface area contributed by atoms with Crippen LogP contribution in [0.2, 0.25) is 5.02 Å². The summed E-state index contributed by atoms with van der Waals surface area (Å²) in [6.45, 7) is 7.55. The van der Waals surface area contributed by atoms with Gasteiger partial charge in [0.05, 0.1) is 28.1 Å². The number of nitrogens with zero attached hydrogens (tertiary/aromatic N) is 2. The summed E-state index contributed by atoms with van der Waals surface area (Å²) in [5.74, 6) is -0.842. The molecule has 0 heterocycles. The van der Waals surface area contributed by atoms with Crippen molar-refractivity contribution < 1.29 is 19.7 Å². The monoisotopic (exact) mass is 349 g/mol. The second-order valence-corrected chi connectivity index (χ2v) is 3.70. The lowest BCUT2D eigenvalue weighted by molar-refractivity contribution is -0.394. The molecule has 0 aliphatic heterocycles. The van der Waals surface area contributed by atoms with Gasteiger partial charge in [-0.1, -0.05) is 39.3 Å². The molecule has 1 amide bonds. The molecule has 0 radical (unpaired) electrons. The Morgan fingerprint density at radius 2 is 1.70 bits per heavy atom. The Morgan fingerprint density at radius 3 is 2.09 bits per heavy atom. The summed E-state index contributed by atoms with van der Waals surface area (Å²) in [5.41, 5.74) is -1.74. The zero-order valence-electron chi connectivity index (χ0n) is 13.3. The summed E-state index contributed by atoms with van der Waals surface area (Å²) in [5, 5.41) is 31.6. The quantitative estimate of drug-likeness (QED) is 0.619. The van der Waals surface area contributed by atoms with Gasteiger partial charge in [0.15, 0.2) is 0 Å². The number of carbonyl (C=O) groups excluding carboxylic acids is 1. The van der Waals surface area contributed by atoms with Gasteiger partial charge in [-0.3, -0.25) is 25.0 Å². The van der Waals surface area contributed by atoms with Gasteiger partial charge in [-0.25, -0.2) is 0 Å². The predicted octanol–water partition coefficient (Wildman–Crippen LogP) is 2.93. The summed E-state index contributed by atoms with van der Waals surface area (Å²) >= 11 is 5.67. The molecule has 0 aromatic heterocycles. The number of hydrogen-bond acceptors (Lipinski definition) is 6. The minimum absolute atomic E-state index is 0.106. The number of non-ortho nitro benzene ring substituents is 1. The number of aliphatic hydroxyl groups is 1. The molecular formula is C13H20ClN3O6. The zero-order valence-corrected chi connectivity index (χ0v) is 14.1. The molecule has 0 saturated heterocycles. The normalized spacial score (nSPS) is 8.78. The Morgan fingerprint density at radius 1 is 1.17 bits per heavy atom. The molecule has 0 unspecified atom stereocenters. The van der Waals surface area contributed by atoms with Crippen LogP contribution in [0.4, 0.5) is 11.4 Å². The largest absolute Gasteiger partial charge is 0.395 e. The van der Waals surface area contributed by atoms with Crippen LogP contribution in [0, 0.1) is 20.2 Å². The Labute approximate surface area is 138 Å². The minimum atomic E-state index is -0.918. The Balaban J connectivity index is 0. The van der Waals surface area contributed by atoms with Gasteiger partial charge in [-0.2, -0.15) is 0 Å². The smallest absolute Gasteiger partial charge is 0.295 e. The van der Waals surface area contributed by atoms with Crippen molar-refractivity contribution in [1.82, 2.24) is 5.32 Å². The van der Waals surface area contributed by atoms with Crippen molar-refractivity contribution in [1.29, 1.82) is 0 Å². The first-order chi connectivity index (χ1) is 10.9. The average molecular weight is 350 g/mol. The highest BCUT2D eigenvalue weighted by atomic mass is 35.5. The van der Waals surface area contributed by atoms with Gasteiger partial charge in [-0.15, -0.1) is 0 Å². The van der Waals surface area contributed by atoms with Gasteiger partial charge in [0.2, 0.25) is 0 Å². The first-order valence-corrected chi connectivity index (χ1v) is 7.27. The van der Waals surface area contributed by atoms with E-state index in [9.17, 15) is 25.0 Å². The highest BCUT2D eigenvalue weighted by Gasteiger charge is 2.26.